The first-order chi connectivity index (χ1) is 9.36. The molecule has 2 aromatic rings. The van der Waals surface area contributed by atoms with Gasteiger partial charge in [-0.2, -0.15) is 0 Å². The molecule has 0 aromatic heterocycles. The van der Waals surface area contributed by atoms with Crippen LogP contribution in [0.2, 0.25) is 0 Å². The molecule has 2 nitrogen and oxygen atoms in total. The van der Waals surface area contributed by atoms with Crippen LogP contribution in [0.5, 0.6) is 0 Å². The average molecular weight is 276 g/mol. The third-order valence-electron chi connectivity index (χ3n) is 3.29. The van der Waals surface area contributed by atoms with Gasteiger partial charge in [-0.3, -0.25) is 0 Å². The predicted molar refractivity (Wildman–Crippen MR) is 76.1 cm³/mol. The van der Waals surface area contributed by atoms with E-state index in [1.807, 2.05) is 0 Å². The Kier molecular flexibility index (Phi) is 4.16. The molecule has 4 heteroatoms. The second kappa shape index (κ2) is 5.69. The minimum Gasteiger partial charge on any atom is -0.322 e. The number of nitrogens with two attached hydrogens (primary N) is 2. The largest absolute Gasteiger partial charge is 0.322 e. The van der Waals surface area contributed by atoms with Crippen LogP contribution < -0.4 is 11.5 Å². The van der Waals surface area contributed by atoms with Crippen molar-refractivity contribution in [3.05, 3.63) is 70.3 Å². The van der Waals surface area contributed by atoms with E-state index in [1.165, 1.54) is 24.3 Å². The van der Waals surface area contributed by atoms with Gasteiger partial charge in [0.05, 0.1) is 0 Å². The molecule has 0 aliphatic carbocycles. The lowest BCUT2D eigenvalue weighted by molar-refractivity contribution is 0.556. The monoisotopic (exact) mass is 276 g/mol. The fraction of sp³-hybridized carbons (Fsp3) is 0.250. The van der Waals surface area contributed by atoms with Gasteiger partial charge in [0, 0.05) is 12.1 Å². The van der Waals surface area contributed by atoms with Crippen LogP contribution in [0.25, 0.3) is 0 Å². The molecule has 0 saturated carbocycles. The second-order valence-corrected chi connectivity index (χ2v) is 5.18. The van der Waals surface area contributed by atoms with Gasteiger partial charge in [-0.25, -0.2) is 8.78 Å². The standard InChI is InChI=1S/C16H18F2N2/c1-9-3-11(7-13(17)5-9)15(19)16(20)12-4-10(2)6-14(18)8-12/h3-8,15-16H,19-20H2,1-2H3. The van der Waals surface area contributed by atoms with Gasteiger partial charge in [0.1, 0.15) is 11.6 Å². The van der Waals surface area contributed by atoms with Crippen LogP contribution in [0.3, 0.4) is 0 Å². The maximum Gasteiger partial charge on any atom is 0.123 e. The zero-order chi connectivity index (χ0) is 14.9. The summed E-state index contributed by atoms with van der Waals surface area (Å²) < 4.78 is 26.9. The molecule has 0 spiro atoms. The topological polar surface area (TPSA) is 52.0 Å². The fourth-order valence-electron chi connectivity index (χ4n) is 2.33. The van der Waals surface area contributed by atoms with E-state index >= 15 is 0 Å². The first-order valence-corrected chi connectivity index (χ1v) is 6.42. The lowest BCUT2D eigenvalue weighted by atomic mass is 9.93. The zero-order valence-corrected chi connectivity index (χ0v) is 11.5. The summed E-state index contributed by atoms with van der Waals surface area (Å²) in [6.45, 7) is 3.58. The molecular formula is C16H18F2N2. The van der Waals surface area contributed by atoms with E-state index in [-0.39, 0.29) is 11.6 Å². The summed E-state index contributed by atoms with van der Waals surface area (Å²) in [7, 11) is 0. The molecule has 0 heterocycles. The van der Waals surface area contributed by atoms with Gasteiger partial charge >= 0.3 is 0 Å². The highest BCUT2D eigenvalue weighted by Gasteiger charge is 2.19. The van der Waals surface area contributed by atoms with Crippen molar-refractivity contribution in [3.8, 4) is 0 Å². The number of rotatable bonds is 3. The third-order valence-corrected chi connectivity index (χ3v) is 3.29. The molecule has 106 valence electrons. The zero-order valence-electron chi connectivity index (χ0n) is 11.5. The Labute approximate surface area is 117 Å². The van der Waals surface area contributed by atoms with E-state index < -0.39 is 12.1 Å². The van der Waals surface area contributed by atoms with Crippen LogP contribution in [-0.2, 0) is 0 Å². The first-order valence-electron chi connectivity index (χ1n) is 6.42. The maximum absolute atomic E-state index is 13.4. The lowest BCUT2D eigenvalue weighted by Crippen LogP contribution is -2.26. The summed E-state index contributed by atoms with van der Waals surface area (Å²) in [5, 5.41) is 0. The number of aryl methyl sites for hydroxylation is 2. The molecule has 0 saturated heterocycles. The Bertz CT molecular complexity index is 530. The summed E-state index contributed by atoms with van der Waals surface area (Å²) in [6, 6.07) is 7.98. The summed E-state index contributed by atoms with van der Waals surface area (Å²) >= 11 is 0. The van der Waals surface area contributed by atoms with Crippen LogP contribution in [0.4, 0.5) is 8.78 Å². The smallest absolute Gasteiger partial charge is 0.123 e. The van der Waals surface area contributed by atoms with E-state index in [1.54, 1.807) is 26.0 Å². The van der Waals surface area contributed by atoms with E-state index in [2.05, 4.69) is 0 Å². The van der Waals surface area contributed by atoms with E-state index in [9.17, 15) is 8.78 Å². The predicted octanol–water partition coefficient (Wildman–Crippen LogP) is 3.28. The lowest BCUT2D eigenvalue weighted by Gasteiger charge is -2.21. The Morgan fingerprint density at radius 2 is 1.05 bits per heavy atom. The summed E-state index contributed by atoms with van der Waals surface area (Å²) in [5.74, 6) is -0.698. The van der Waals surface area contributed by atoms with Crippen molar-refractivity contribution in [3.63, 3.8) is 0 Å². The van der Waals surface area contributed by atoms with Gasteiger partial charge in [0.2, 0.25) is 0 Å². The highest BCUT2D eigenvalue weighted by molar-refractivity contribution is 5.32. The Morgan fingerprint density at radius 1 is 0.700 bits per heavy atom. The van der Waals surface area contributed by atoms with E-state index in [0.29, 0.717) is 11.1 Å². The van der Waals surface area contributed by atoms with E-state index in [4.69, 9.17) is 11.5 Å². The van der Waals surface area contributed by atoms with Crippen LogP contribution in [0.15, 0.2) is 36.4 Å². The van der Waals surface area contributed by atoms with Crippen LogP contribution in [0.1, 0.15) is 34.3 Å². The van der Waals surface area contributed by atoms with Gasteiger partial charge < -0.3 is 11.5 Å². The summed E-state index contributed by atoms with van der Waals surface area (Å²) in [6.07, 6.45) is 0. The molecule has 2 aromatic carbocycles. The Balaban J connectivity index is 2.34. The van der Waals surface area contributed by atoms with Crippen LogP contribution in [-0.4, -0.2) is 0 Å². The van der Waals surface area contributed by atoms with Crippen molar-refractivity contribution >= 4 is 0 Å². The van der Waals surface area contributed by atoms with Crippen LogP contribution in [0, 0.1) is 25.5 Å². The minimum absolute atomic E-state index is 0.349. The van der Waals surface area contributed by atoms with Crippen molar-refractivity contribution in [1.29, 1.82) is 0 Å². The van der Waals surface area contributed by atoms with Gasteiger partial charge in [0.25, 0.3) is 0 Å². The van der Waals surface area contributed by atoms with Gasteiger partial charge in [0.15, 0.2) is 0 Å². The van der Waals surface area contributed by atoms with Crippen molar-refractivity contribution in [2.45, 2.75) is 25.9 Å². The summed E-state index contributed by atoms with van der Waals surface area (Å²) in [5.41, 5.74) is 15.0. The van der Waals surface area contributed by atoms with Crippen LogP contribution >= 0.6 is 0 Å². The average Bonchev–Trinajstić information content (AvgIpc) is 2.34. The molecule has 20 heavy (non-hydrogen) atoms. The number of halogens is 2. The van der Waals surface area contributed by atoms with Gasteiger partial charge in [-0.15, -0.1) is 0 Å². The second-order valence-electron chi connectivity index (χ2n) is 5.18. The molecule has 2 unspecified atom stereocenters. The molecule has 2 atom stereocenters. The molecule has 0 aliphatic heterocycles. The SMILES string of the molecule is Cc1cc(F)cc(C(N)C(N)c2cc(C)cc(F)c2)c1. The van der Waals surface area contributed by atoms with Crippen molar-refractivity contribution in [1.82, 2.24) is 0 Å². The molecule has 2 rings (SSSR count). The van der Waals surface area contributed by atoms with Gasteiger partial charge in [-0.1, -0.05) is 12.1 Å². The van der Waals surface area contributed by atoms with E-state index in [0.717, 1.165) is 11.1 Å². The molecule has 0 aliphatic rings. The van der Waals surface area contributed by atoms with Crippen molar-refractivity contribution < 1.29 is 8.78 Å². The molecule has 0 radical (unpaired) electrons. The highest BCUT2D eigenvalue weighted by Crippen LogP contribution is 2.27. The number of hydrogen-bond acceptors (Lipinski definition) is 2. The number of benzene rings is 2. The molecule has 0 fully saturated rings. The molecule has 0 amide bonds. The first kappa shape index (κ1) is 14.6. The van der Waals surface area contributed by atoms with Gasteiger partial charge in [-0.05, 0) is 60.4 Å². The quantitative estimate of drug-likeness (QED) is 0.904. The molecule has 0 bridgehead atoms. The van der Waals surface area contributed by atoms with Crippen molar-refractivity contribution in [2.24, 2.45) is 11.5 Å². The summed E-state index contributed by atoms with van der Waals surface area (Å²) in [4.78, 5) is 0. The minimum atomic E-state index is -0.592. The highest BCUT2D eigenvalue weighted by atomic mass is 19.1. The van der Waals surface area contributed by atoms with Crippen molar-refractivity contribution in [2.75, 3.05) is 0 Å². The third kappa shape index (κ3) is 3.21. The Morgan fingerprint density at radius 3 is 1.35 bits per heavy atom. The maximum atomic E-state index is 13.4. The number of hydrogen-bond donors (Lipinski definition) is 2. The Hall–Kier alpha value is -1.78. The molecular weight excluding hydrogens is 258 g/mol. The normalized spacial score (nSPS) is 14.1. The fourth-order valence-corrected chi connectivity index (χ4v) is 2.33. The molecule has 4 N–H and O–H groups in total.